The maximum atomic E-state index is 12.2. The van der Waals surface area contributed by atoms with Crippen molar-refractivity contribution in [2.45, 2.75) is 19.1 Å². The Bertz CT molecular complexity index is 475. The third-order valence-corrected chi connectivity index (χ3v) is 2.90. The van der Waals surface area contributed by atoms with Crippen molar-refractivity contribution in [3.05, 3.63) is 12.2 Å². The van der Waals surface area contributed by atoms with Gasteiger partial charge in [0.1, 0.15) is 12.2 Å². The van der Waals surface area contributed by atoms with E-state index < -0.39 is 12.7 Å². The fourth-order valence-corrected chi connectivity index (χ4v) is 1.80. The van der Waals surface area contributed by atoms with Gasteiger partial charge in [0.2, 0.25) is 0 Å². The molecule has 7 nitrogen and oxygen atoms in total. The van der Waals surface area contributed by atoms with Gasteiger partial charge in [-0.2, -0.15) is 18.3 Å². The highest BCUT2D eigenvalue weighted by atomic mass is 127. The van der Waals surface area contributed by atoms with E-state index in [1.807, 2.05) is 0 Å². The molecule has 1 aromatic heterocycles. The lowest BCUT2D eigenvalue weighted by molar-refractivity contribution is -0.143. The zero-order valence-electron chi connectivity index (χ0n) is 13.4. The zero-order chi connectivity index (χ0) is 16.6. The van der Waals surface area contributed by atoms with Crippen molar-refractivity contribution >= 4 is 29.9 Å². The summed E-state index contributed by atoms with van der Waals surface area (Å²) in [4.78, 5) is 9.35. The molecule has 0 aliphatic carbocycles. The van der Waals surface area contributed by atoms with E-state index in [-0.39, 0.29) is 24.0 Å². The molecule has 0 aromatic carbocycles. The molecule has 0 radical (unpaired) electrons. The summed E-state index contributed by atoms with van der Waals surface area (Å²) < 4.78 is 38.1. The van der Waals surface area contributed by atoms with E-state index in [1.54, 1.807) is 18.8 Å². The van der Waals surface area contributed by atoms with Crippen molar-refractivity contribution in [1.82, 2.24) is 30.3 Å². The Morgan fingerprint density at radius 3 is 2.61 bits per heavy atom. The van der Waals surface area contributed by atoms with Crippen molar-refractivity contribution in [2.24, 2.45) is 12.0 Å². The van der Waals surface area contributed by atoms with Gasteiger partial charge in [0, 0.05) is 20.6 Å². The molecule has 134 valence electrons. The van der Waals surface area contributed by atoms with Gasteiger partial charge in [-0.25, -0.2) is 4.98 Å². The Morgan fingerprint density at radius 1 is 1.39 bits per heavy atom. The summed E-state index contributed by atoms with van der Waals surface area (Å²) in [5, 5.41) is 10.1. The van der Waals surface area contributed by atoms with Crippen LogP contribution in [-0.2, 0) is 13.6 Å². The predicted molar refractivity (Wildman–Crippen MR) is 92.8 cm³/mol. The number of nitrogens with one attached hydrogen (secondary N) is 2. The monoisotopic (exact) mass is 449 g/mol. The number of alkyl halides is 3. The summed E-state index contributed by atoms with van der Waals surface area (Å²) >= 11 is 0. The number of halogens is 4. The summed E-state index contributed by atoms with van der Waals surface area (Å²) in [6, 6.07) is 0. The number of nitrogens with zero attached hydrogens (tertiary/aromatic N) is 5. The average Bonchev–Trinajstić information content (AvgIpc) is 2.81. The Hall–Kier alpha value is -1.11. The lowest BCUT2D eigenvalue weighted by Gasteiger charge is -2.18. The summed E-state index contributed by atoms with van der Waals surface area (Å²) in [6.45, 7) is 0.448. The molecule has 0 amide bonds. The molecule has 2 N–H and O–H groups in total. The van der Waals surface area contributed by atoms with Crippen molar-refractivity contribution in [3.63, 3.8) is 0 Å². The van der Waals surface area contributed by atoms with Crippen LogP contribution in [0.1, 0.15) is 12.2 Å². The van der Waals surface area contributed by atoms with E-state index >= 15 is 0 Å². The maximum Gasteiger partial charge on any atom is 0.401 e. The molecular weight excluding hydrogens is 426 g/mol. The third kappa shape index (κ3) is 9.58. The minimum absolute atomic E-state index is 0. The molecule has 11 heteroatoms. The highest BCUT2D eigenvalue weighted by Crippen LogP contribution is 2.15. The molecular formula is C12H23F3IN7. The van der Waals surface area contributed by atoms with E-state index in [9.17, 15) is 13.2 Å². The van der Waals surface area contributed by atoms with Crippen LogP contribution in [0.2, 0.25) is 0 Å². The van der Waals surface area contributed by atoms with Gasteiger partial charge in [-0.05, 0) is 20.0 Å². The number of hydrogen-bond acceptors (Lipinski definition) is 4. The van der Waals surface area contributed by atoms with Crippen molar-refractivity contribution in [1.29, 1.82) is 0 Å². The Balaban J connectivity index is 0.00000484. The second-order valence-corrected chi connectivity index (χ2v) is 4.86. The molecule has 0 saturated heterocycles. The molecule has 0 spiro atoms. The lowest BCUT2D eigenvalue weighted by atomic mass is 10.4. The molecule has 0 atom stereocenters. The van der Waals surface area contributed by atoms with Gasteiger partial charge in [0.15, 0.2) is 5.96 Å². The first-order valence-electron chi connectivity index (χ1n) is 6.84. The van der Waals surface area contributed by atoms with Gasteiger partial charge in [-0.3, -0.25) is 14.6 Å². The molecule has 0 aliphatic rings. The summed E-state index contributed by atoms with van der Waals surface area (Å²) in [6.07, 6.45) is -2.11. The number of aliphatic imine (C=N–C) groups is 1. The van der Waals surface area contributed by atoms with Crippen molar-refractivity contribution in [2.75, 3.05) is 33.7 Å². The van der Waals surface area contributed by atoms with Crippen molar-refractivity contribution < 1.29 is 13.2 Å². The minimum atomic E-state index is -4.16. The highest BCUT2D eigenvalue weighted by molar-refractivity contribution is 14.0. The van der Waals surface area contributed by atoms with E-state index in [0.717, 1.165) is 5.82 Å². The van der Waals surface area contributed by atoms with E-state index in [0.29, 0.717) is 32.0 Å². The number of aryl methyl sites for hydroxylation is 1. The van der Waals surface area contributed by atoms with E-state index in [1.165, 1.54) is 18.3 Å². The van der Waals surface area contributed by atoms with Crippen LogP contribution in [0, 0.1) is 0 Å². The van der Waals surface area contributed by atoms with Crippen LogP contribution in [0.15, 0.2) is 11.3 Å². The van der Waals surface area contributed by atoms with Crippen LogP contribution in [-0.4, -0.2) is 65.5 Å². The largest absolute Gasteiger partial charge is 0.401 e. The topological polar surface area (TPSA) is 70.4 Å². The van der Waals surface area contributed by atoms with Crippen molar-refractivity contribution in [3.8, 4) is 0 Å². The predicted octanol–water partition coefficient (Wildman–Crippen LogP) is 0.982. The molecule has 0 aliphatic heterocycles. The SMILES string of the molecule is CN=C(NCCCN(C)CC(F)(F)F)NCc1ncnn1C.I. The average molecular weight is 449 g/mol. The normalized spacial score (nSPS) is 12.2. The molecule has 23 heavy (non-hydrogen) atoms. The molecule has 0 unspecified atom stereocenters. The molecule has 1 rings (SSSR count). The van der Waals surface area contributed by atoms with Gasteiger partial charge in [0.25, 0.3) is 0 Å². The number of hydrogen-bond donors (Lipinski definition) is 2. The van der Waals surface area contributed by atoms with Crippen LogP contribution in [0.3, 0.4) is 0 Å². The van der Waals surface area contributed by atoms with E-state index in [4.69, 9.17) is 0 Å². The summed E-state index contributed by atoms with van der Waals surface area (Å²) in [7, 11) is 4.87. The minimum Gasteiger partial charge on any atom is -0.356 e. The molecule has 1 heterocycles. The van der Waals surface area contributed by atoms with Gasteiger partial charge in [-0.1, -0.05) is 0 Å². The van der Waals surface area contributed by atoms with Gasteiger partial charge < -0.3 is 10.6 Å². The quantitative estimate of drug-likeness (QED) is 0.281. The first-order chi connectivity index (χ1) is 10.3. The Kier molecular flexibility index (Phi) is 10.1. The van der Waals surface area contributed by atoms with Gasteiger partial charge >= 0.3 is 6.18 Å². The van der Waals surface area contributed by atoms with Crippen LogP contribution >= 0.6 is 24.0 Å². The first-order valence-corrected chi connectivity index (χ1v) is 6.84. The van der Waals surface area contributed by atoms with Crippen LogP contribution in [0.5, 0.6) is 0 Å². The zero-order valence-corrected chi connectivity index (χ0v) is 15.7. The Morgan fingerprint density at radius 2 is 2.09 bits per heavy atom. The number of rotatable bonds is 7. The molecule has 0 fully saturated rings. The molecule has 1 aromatic rings. The third-order valence-electron chi connectivity index (χ3n) is 2.90. The maximum absolute atomic E-state index is 12.2. The molecule has 0 bridgehead atoms. The van der Waals surface area contributed by atoms with Gasteiger partial charge in [-0.15, -0.1) is 24.0 Å². The Labute approximate surface area is 150 Å². The van der Waals surface area contributed by atoms with Crippen LogP contribution in [0.4, 0.5) is 13.2 Å². The van der Waals surface area contributed by atoms with Crippen LogP contribution in [0.25, 0.3) is 0 Å². The summed E-state index contributed by atoms with van der Waals surface area (Å²) in [5.41, 5.74) is 0. The smallest absolute Gasteiger partial charge is 0.356 e. The highest BCUT2D eigenvalue weighted by Gasteiger charge is 2.28. The second kappa shape index (κ2) is 10.6. The first kappa shape index (κ1) is 21.9. The fourth-order valence-electron chi connectivity index (χ4n) is 1.80. The lowest BCUT2D eigenvalue weighted by Crippen LogP contribution is -2.39. The number of guanidine groups is 1. The number of aromatic nitrogens is 3. The molecule has 0 saturated carbocycles. The van der Waals surface area contributed by atoms with Gasteiger partial charge in [0.05, 0.1) is 13.1 Å². The standard InChI is InChI=1S/C12H22F3N7.HI/c1-16-11(18-7-10-19-9-20-22(10)3)17-5-4-6-21(2)8-12(13,14)15;/h9H,4-8H2,1-3H3,(H2,16,17,18);1H. The fraction of sp³-hybridized carbons (Fsp3) is 0.750. The van der Waals surface area contributed by atoms with E-state index in [2.05, 4.69) is 25.7 Å². The summed E-state index contributed by atoms with van der Waals surface area (Å²) in [5.74, 6) is 1.33. The second-order valence-electron chi connectivity index (χ2n) is 4.86. The van der Waals surface area contributed by atoms with Crippen LogP contribution < -0.4 is 10.6 Å².